The Morgan fingerprint density at radius 1 is 1.30 bits per heavy atom. The fourth-order valence-corrected chi connectivity index (χ4v) is 2.52. The fourth-order valence-electron chi connectivity index (χ4n) is 1.96. The average molecular weight is 286 g/mol. The molecule has 2 rings (SSSR count). The number of ketones is 1. The zero-order chi connectivity index (χ0) is 14.9. The molecule has 1 atom stereocenters. The number of para-hydroxylation sites is 1. The van der Waals surface area contributed by atoms with Crippen molar-refractivity contribution in [1.29, 1.82) is 0 Å². The van der Waals surface area contributed by atoms with Crippen LogP contribution in [0.5, 0.6) is 5.75 Å². The van der Waals surface area contributed by atoms with Crippen LogP contribution in [0.4, 0.5) is 0 Å². The highest BCUT2D eigenvalue weighted by molar-refractivity contribution is 6.83. The number of rotatable bonds is 1. The lowest BCUT2D eigenvalue weighted by atomic mass is 9.97. The summed E-state index contributed by atoms with van der Waals surface area (Å²) in [6.45, 7) is 7.78. The largest absolute Gasteiger partial charge is 0.507 e. The van der Waals surface area contributed by atoms with Gasteiger partial charge in [0.05, 0.1) is 11.1 Å². The van der Waals surface area contributed by atoms with Crippen LogP contribution in [0.1, 0.15) is 12.5 Å². The molecule has 1 heterocycles. The summed E-state index contributed by atoms with van der Waals surface area (Å²) in [6, 6.07) is 7.12. The number of benzene rings is 1. The topological polar surface area (TPSA) is 46.5 Å². The van der Waals surface area contributed by atoms with Crippen molar-refractivity contribution in [2.24, 2.45) is 0 Å². The van der Waals surface area contributed by atoms with Gasteiger partial charge in [-0.3, -0.25) is 4.79 Å². The van der Waals surface area contributed by atoms with Crippen molar-refractivity contribution in [3.8, 4) is 17.2 Å². The molecule has 1 aliphatic rings. The molecule has 3 nitrogen and oxygen atoms in total. The van der Waals surface area contributed by atoms with Crippen LogP contribution in [0.2, 0.25) is 19.6 Å². The maximum absolute atomic E-state index is 11.8. The van der Waals surface area contributed by atoms with Crippen LogP contribution in [0.3, 0.4) is 0 Å². The van der Waals surface area contributed by atoms with Crippen LogP contribution >= 0.6 is 0 Å². The third-order valence-electron chi connectivity index (χ3n) is 2.86. The quantitative estimate of drug-likeness (QED) is 0.637. The van der Waals surface area contributed by atoms with Gasteiger partial charge in [-0.1, -0.05) is 37.7 Å². The minimum Gasteiger partial charge on any atom is -0.507 e. The van der Waals surface area contributed by atoms with E-state index in [0.29, 0.717) is 11.3 Å². The molecule has 4 heteroatoms. The van der Waals surface area contributed by atoms with Gasteiger partial charge in [0.2, 0.25) is 0 Å². The van der Waals surface area contributed by atoms with Gasteiger partial charge in [-0.25, -0.2) is 0 Å². The first-order valence-corrected chi connectivity index (χ1v) is 10.0. The zero-order valence-corrected chi connectivity index (χ0v) is 13.2. The second-order valence-corrected chi connectivity index (χ2v) is 10.6. The molecular weight excluding hydrogens is 268 g/mol. The molecule has 20 heavy (non-hydrogen) atoms. The number of carbonyl (C=O) groups is 1. The van der Waals surface area contributed by atoms with E-state index in [0.717, 1.165) is 0 Å². The number of fused-ring (bicyclic) bond motifs is 1. The van der Waals surface area contributed by atoms with Gasteiger partial charge in [0.1, 0.15) is 19.6 Å². The first-order chi connectivity index (χ1) is 9.29. The van der Waals surface area contributed by atoms with Crippen molar-refractivity contribution >= 4 is 19.6 Å². The fraction of sp³-hybridized carbons (Fsp3) is 0.312. The molecule has 104 valence electrons. The Bertz CT molecular complexity index is 642. The van der Waals surface area contributed by atoms with E-state index in [1.807, 2.05) is 6.07 Å². The molecule has 0 radical (unpaired) electrons. The lowest BCUT2D eigenvalue weighted by molar-refractivity contribution is -0.114. The van der Waals surface area contributed by atoms with Crippen LogP contribution in [-0.2, 0) is 4.79 Å². The highest BCUT2D eigenvalue weighted by Crippen LogP contribution is 2.34. The smallest absolute Gasteiger partial charge is 0.190 e. The Morgan fingerprint density at radius 3 is 2.55 bits per heavy atom. The maximum atomic E-state index is 11.8. The Kier molecular flexibility index (Phi) is 3.73. The summed E-state index contributed by atoms with van der Waals surface area (Å²) in [5.74, 6) is 3.34. The van der Waals surface area contributed by atoms with Crippen molar-refractivity contribution in [3.63, 3.8) is 0 Å². The zero-order valence-electron chi connectivity index (χ0n) is 12.2. The second-order valence-electron chi connectivity index (χ2n) is 5.83. The molecule has 0 saturated carbocycles. The molecule has 0 amide bonds. The number of aliphatic hydroxyl groups excluding tert-OH is 1. The van der Waals surface area contributed by atoms with Gasteiger partial charge < -0.3 is 9.84 Å². The predicted octanol–water partition coefficient (Wildman–Crippen LogP) is 3.19. The third kappa shape index (κ3) is 2.94. The normalized spacial score (nSPS) is 17.7. The molecule has 1 unspecified atom stereocenters. The van der Waals surface area contributed by atoms with Crippen molar-refractivity contribution < 1.29 is 14.6 Å². The van der Waals surface area contributed by atoms with Crippen LogP contribution in [0.25, 0.3) is 5.76 Å². The van der Waals surface area contributed by atoms with Crippen molar-refractivity contribution in [2.45, 2.75) is 32.7 Å². The van der Waals surface area contributed by atoms with Crippen molar-refractivity contribution in [3.05, 3.63) is 35.4 Å². The Balaban J connectivity index is 2.53. The molecule has 0 aliphatic carbocycles. The van der Waals surface area contributed by atoms with Gasteiger partial charge in [0.25, 0.3) is 0 Å². The Morgan fingerprint density at radius 2 is 1.95 bits per heavy atom. The molecule has 0 saturated heterocycles. The lowest BCUT2D eigenvalue weighted by Gasteiger charge is -2.24. The number of aliphatic hydroxyl groups is 1. The van der Waals surface area contributed by atoms with E-state index in [1.54, 1.807) is 18.2 Å². The Hall–Kier alpha value is -1.99. The lowest BCUT2D eigenvalue weighted by Crippen LogP contribution is -2.28. The van der Waals surface area contributed by atoms with Crippen molar-refractivity contribution in [2.75, 3.05) is 0 Å². The third-order valence-corrected chi connectivity index (χ3v) is 3.76. The summed E-state index contributed by atoms with van der Waals surface area (Å²) in [5.41, 5.74) is 3.98. The molecule has 1 aromatic rings. The number of carbonyl (C=O) groups excluding carboxylic acids is 1. The molecule has 1 aliphatic heterocycles. The molecular formula is C16H18O3Si. The Labute approximate surface area is 120 Å². The molecule has 0 bridgehead atoms. The molecule has 1 aromatic carbocycles. The summed E-state index contributed by atoms with van der Waals surface area (Å²) >= 11 is 0. The van der Waals surface area contributed by atoms with E-state index in [9.17, 15) is 9.90 Å². The summed E-state index contributed by atoms with van der Waals surface area (Å²) < 4.78 is 5.78. The van der Waals surface area contributed by atoms with E-state index >= 15 is 0 Å². The van der Waals surface area contributed by atoms with Gasteiger partial charge in [-0.2, -0.15) is 0 Å². The molecule has 0 aromatic heterocycles. The predicted molar refractivity (Wildman–Crippen MR) is 82.2 cm³/mol. The van der Waals surface area contributed by atoms with Crippen LogP contribution in [-0.4, -0.2) is 25.1 Å². The number of hydrogen-bond acceptors (Lipinski definition) is 3. The van der Waals surface area contributed by atoms with Crippen LogP contribution < -0.4 is 4.74 Å². The molecule has 1 N–H and O–H groups in total. The standard InChI is InChI=1S/C16H18O3Si/c1-11(17)15-14(9-10-20(2,3)4)19-13-8-6-5-7-12(13)16(15)18/h5-8,14,18H,1-4H3. The summed E-state index contributed by atoms with van der Waals surface area (Å²) in [5, 5.41) is 10.3. The highest BCUT2D eigenvalue weighted by atomic mass is 28.3. The maximum Gasteiger partial charge on any atom is 0.190 e. The number of hydrogen-bond donors (Lipinski definition) is 1. The first kappa shape index (κ1) is 14.4. The highest BCUT2D eigenvalue weighted by Gasteiger charge is 2.30. The summed E-state index contributed by atoms with van der Waals surface area (Å²) in [7, 11) is -1.58. The van der Waals surface area contributed by atoms with E-state index in [1.165, 1.54) is 6.92 Å². The minimum atomic E-state index is -1.58. The summed E-state index contributed by atoms with van der Waals surface area (Å²) in [6.07, 6.45) is -0.686. The van der Waals surface area contributed by atoms with E-state index in [4.69, 9.17) is 4.74 Å². The molecule has 0 spiro atoms. The van der Waals surface area contributed by atoms with E-state index in [2.05, 4.69) is 31.1 Å². The first-order valence-electron chi connectivity index (χ1n) is 6.52. The monoisotopic (exact) mass is 286 g/mol. The van der Waals surface area contributed by atoms with Gasteiger partial charge in [0.15, 0.2) is 11.9 Å². The van der Waals surface area contributed by atoms with Crippen LogP contribution in [0, 0.1) is 11.5 Å². The number of ether oxygens (including phenoxy) is 1. The van der Waals surface area contributed by atoms with Crippen molar-refractivity contribution in [1.82, 2.24) is 0 Å². The van der Waals surface area contributed by atoms with Gasteiger partial charge >= 0.3 is 0 Å². The summed E-state index contributed by atoms with van der Waals surface area (Å²) in [4.78, 5) is 11.8. The van der Waals surface area contributed by atoms with E-state index < -0.39 is 14.2 Å². The SMILES string of the molecule is CC(=O)C1=C(O)c2ccccc2OC1C#C[Si](C)(C)C. The second kappa shape index (κ2) is 5.18. The van der Waals surface area contributed by atoms with Gasteiger partial charge in [-0.15, -0.1) is 5.54 Å². The van der Waals surface area contributed by atoms with Crippen LogP contribution in [0.15, 0.2) is 29.8 Å². The average Bonchev–Trinajstić information content (AvgIpc) is 2.35. The van der Waals surface area contributed by atoms with Gasteiger partial charge in [-0.05, 0) is 19.1 Å². The van der Waals surface area contributed by atoms with E-state index in [-0.39, 0.29) is 17.1 Å². The van der Waals surface area contributed by atoms with Gasteiger partial charge in [0, 0.05) is 0 Å². The minimum absolute atomic E-state index is 0.0192. The number of Topliss-reactive ketones (excluding diaryl/α,β-unsaturated/α-hetero) is 1. The molecule has 0 fully saturated rings.